The van der Waals surface area contributed by atoms with E-state index in [2.05, 4.69) is 49.2 Å². The summed E-state index contributed by atoms with van der Waals surface area (Å²) >= 11 is 0. The van der Waals surface area contributed by atoms with Gasteiger partial charge in [-0.3, -0.25) is 0 Å². The minimum absolute atomic E-state index is 0.929. The Labute approximate surface area is 118 Å². The van der Waals surface area contributed by atoms with Crippen LogP contribution in [0.2, 0.25) is 0 Å². The fraction of sp³-hybridized carbons (Fsp3) is 0.647. The predicted octanol–water partition coefficient (Wildman–Crippen LogP) is 3.12. The molecule has 1 aliphatic heterocycles. The largest absolute Gasteiger partial charge is 0.311 e. The van der Waals surface area contributed by atoms with Crippen molar-refractivity contribution in [2.75, 3.05) is 26.2 Å². The van der Waals surface area contributed by atoms with E-state index in [-0.39, 0.29) is 0 Å². The number of piperidine rings is 1. The SMILES string of the molecule is Cc1cccc(C)c1CNCCN1CCC(C)CC1. The van der Waals surface area contributed by atoms with E-state index in [4.69, 9.17) is 0 Å². The molecule has 2 nitrogen and oxygen atoms in total. The molecule has 1 saturated heterocycles. The summed E-state index contributed by atoms with van der Waals surface area (Å²) in [6.45, 7) is 12.6. The maximum Gasteiger partial charge on any atom is 0.0211 e. The van der Waals surface area contributed by atoms with Crippen molar-refractivity contribution < 1.29 is 0 Å². The maximum absolute atomic E-state index is 3.60. The monoisotopic (exact) mass is 260 g/mol. The zero-order chi connectivity index (χ0) is 13.7. The van der Waals surface area contributed by atoms with Crippen LogP contribution in [-0.4, -0.2) is 31.1 Å². The molecule has 0 aromatic heterocycles. The third-order valence-corrected chi connectivity index (χ3v) is 4.43. The van der Waals surface area contributed by atoms with Crippen LogP contribution in [0, 0.1) is 19.8 Å². The lowest BCUT2D eigenvalue weighted by Crippen LogP contribution is -2.37. The molecule has 19 heavy (non-hydrogen) atoms. The molecule has 0 radical (unpaired) electrons. The van der Waals surface area contributed by atoms with Crippen molar-refractivity contribution in [3.05, 3.63) is 34.9 Å². The molecule has 1 aromatic carbocycles. The first-order valence-electron chi connectivity index (χ1n) is 7.65. The number of hydrogen-bond donors (Lipinski definition) is 1. The quantitative estimate of drug-likeness (QED) is 0.818. The van der Waals surface area contributed by atoms with E-state index in [1.54, 1.807) is 0 Å². The minimum atomic E-state index is 0.929. The number of hydrogen-bond acceptors (Lipinski definition) is 2. The topological polar surface area (TPSA) is 15.3 Å². The Bertz CT molecular complexity index is 372. The number of rotatable bonds is 5. The van der Waals surface area contributed by atoms with Gasteiger partial charge in [0.1, 0.15) is 0 Å². The van der Waals surface area contributed by atoms with Crippen LogP contribution in [0.3, 0.4) is 0 Å². The van der Waals surface area contributed by atoms with Crippen molar-refractivity contribution in [3.8, 4) is 0 Å². The van der Waals surface area contributed by atoms with Gasteiger partial charge in [0.05, 0.1) is 0 Å². The molecular formula is C17H28N2. The smallest absolute Gasteiger partial charge is 0.0211 e. The van der Waals surface area contributed by atoms with E-state index in [1.807, 2.05) is 0 Å². The van der Waals surface area contributed by atoms with Gasteiger partial charge < -0.3 is 10.2 Å². The second-order valence-corrected chi connectivity index (χ2v) is 6.07. The lowest BCUT2D eigenvalue weighted by atomic mass is 9.99. The van der Waals surface area contributed by atoms with Crippen molar-refractivity contribution in [1.29, 1.82) is 0 Å². The van der Waals surface area contributed by atoms with Gasteiger partial charge in [0.15, 0.2) is 0 Å². The number of likely N-dealkylation sites (tertiary alicyclic amines) is 1. The van der Waals surface area contributed by atoms with Crippen molar-refractivity contribution >= 4 is 0 Å². The van der Waals surface area contributed by atoms with Crippen LogP contribution in [0.15, 0.2) is 18.2 Å². The van der Waals surface area contributed by atoms with E-state index in [0.29, 0.717) is 0 Å². The Hall–Kier alpha value is -0.860. The molecule has 2 rings (SSSR count). The van der Waals surface area contributed by atoms with Crippen LogP contribution >= 0.6 is 0 Å². The summed E-state index contributed by atoms with van der Waals surface area (Å²) < 4.78 is 0. The standard InChI is InChI=1S/C17H28N2/c1-14-7-10-19(11-8-14)12-9-18-13-17-15(2)5-4-6-16(17)3/h4-6,14,18H,7-13H2,1-3H3. The third kappa shape index (κ3) is 4.32. The van der Waals surface area contributed by atoms with Crippen LogP contribution in [0.1, 0.15) is 36.5 Å². The van der Waals surface area contributed by atoms with Gasteiger partial charge in [0, 0.05) is 19.6 Å². The van der Waals surface area contributed by atoms with Crippen LogP contribution in [0.4, 0.5) is 0 Å². The van der Waals surface area contributed by atoms with Gasteiger partial charge in [-0.2, -0.15) is 0 Å². The minimum Gasteiger partial charge on any atom is -0.311 e. The highest BCUT2D eigenvalue weighted by molar-refractivity contribution is 5.33. The van der Waals surface area contributed by atoms with Crippen LogP contribution in [-0.2, 0) is 6.54 Å². The summed E-state index contributed by atoms with van der Waals surface area (Å²) in [5, 5.41) is 3.60. The highest BCUT2D eigenvalue weighted by atomic mass is 15.1. The molecule has 0 aliphatic carbocycles. The molecule has 0 atom stereocenters. The molecule has 0 unspecified atom stereocenters. The Morgan fingerprint density at radius 1 is 1.16 bits per heavy atom. The summed E-state index contributed by atoms with van der Waals surface area (Å²) in [4.78, 5) is 2.59. The molecule has 1 heterocycles. The lowest BCUT2D eigenvalue weighted by Gasteiger charge is -2.30. The Morgan fingerprint density at radius 3 is 2.42 bits per heavy atom. The number of aryl methyl sites for hydroxylation is 2. The number of benzene rings is 1. The molecule has 0 bridgehead atoms. The maximum atomic E-state index is 3.60. The van der Waals surface area contributed by atoms with Gasteiger partial charge in [-0.05, 0) is 62.4 Å². The van der Waals surface area contributed by atoms with Crippen molar-refractivity contribution in [2.45, 2.75) is 40.2 Å². The van der Waals surface area contributed by atoms with Gasteiger partial charge in [-0.1, -0.05) is 25.1 Å². The molecule has 0 saturated carbocycles. The van der Waals surface area contributed by atoms with E-state index >= 15 is 0 Å². The summed E-state index contributed by atoms with van der Waals surface area (Å²) in [7, 11) is 0. The van der Waals surface area contributed by atoms with Crippen LogP contribution in [0.5, 0.6) is 0 Å². The summed E-state index contributed by atoms with van der Waals surface area (Å²) in [5.74, 6) is 0.929. The fourth-order valence-corrected chi connectivity index (χ4v) is 2.86. The van der Waals surface area contributed by atoms with Crippen molar-refractivity contribution in [1.82, 2.24) is 10.2 Å². The Kier molecular flexibility index (Phi) is 5.41. The molecular weight excluding hydrogens is 232 g/mol. The highest BCUT2D eigenvalue weighted by Gasteiger charge is 2.14. The first kappa shape index (κ1) is 14.5. The zero-order valence-corrected chi connectivity index (χ0v) is 12.7. The molecule has 1 fully saturated rings. The zero-order valence-electron chi connectivity index (χ0n) is 12.7. The number of nitrogens with one attached hydrogen (secondary N) is 1. The van der Waals surface area contributed by atoms with Gasteiger partial charge in [-0.25, -0.2) is 0 Å². The molecule has 2 heteroatoms. The second-order valence-electron chi connectivity index (χ2n) is 6.07. The van der Waals surface area contributed by atoms with E-state index in [0.717, 1.165) is 19.0 Å². The van der Waals surface area contributed by atoms with E-state index < -0.39 is 0 Å². The van der Waals surface area contributed by atoms with Crippen molar-refractivity contribution in [2.24, 2.45) is 5.92 Å². The van der Waals surface area contributed by atoms with Gasteiger partial charge >= 0.3 is 0 Å². The Morgan fingerprint density at radius 2 is 1.79 bits per heavy atom. The summed E-state index contributed by atoms with van der Waals surface area (Å²) in [6.07, 6.45) is 2.74. The van der Waals surface area contributed by atoms with E-state index in [9.17, 15) is 0 Å². The third-order valence-electron chi connectivity index (χ3n) is 4.43. The summed E-state index contributed by atoms with van der Waals surface area (Å²) in [6, 6.07) is 6.55. The molecule has 1 aliphatic rings. The van der Waals surface area contributed by atoms with Gasteiger partial charge in [0.2, 0.25) is 0 Å². The average Bonchev–Trinajstić information content (AvgIpc) is 2.39. The highest BCUT2D eigenvalue weighted by Crippen LogP contribution is 2.15. The fourth-order valence-electron chi connectivity index (χ4n) is 2.86. The first-order valence-corrected chi connectivity index (χ1v) is 7.65. The number of nitrogens with zero attached hydrogens (tertiary/aromatic N) is 1. The average molecular weight is 260 g/mol. The van der Waals surface area contributed by atoms with Crippen molar-refractivity contribution in [3.63, 3.8) is 0 Å². The summed E-state index contributed by atoms with van der Waals surface area (Å²) in [5.41, 5.74) is 4.27. The van der Waals surface area contributed by atoms with Gasteiger partial charge in [-0.15, -0.1) is 0 Å². The second kappa shape index (κ2) is 7.06. The lowest BCUT2D eigenvalue weighted by molar-refractivity contribution is 0.193. The van der Waals surface area contributed by atoms with Crippen LogP contribution in [0.25, 0.3) is 0 Å². The Balaban J connectivity index is 1.69. The molecule has 0 spiro atoms. The van der Waals surface area contributed by atoms with Crippen LogP contribution < -0.4 is 5.32 Å². The predicted molar refractivity (Wildman–Crippen MR) is 82.5 cm³/mol. The molecule has 0 amide bonds. The normalized spacial score (nSPS) is 17.8. The molecule has 1 aromatic rings. The van der Waals surface area contributed by atoms with E-state index in [1.165, 1.54) is 49.2 Å². The molecule has 106 valence electrons. The van der Waals surface area contributed by atoms with Gasteiger partial charge in [0.25, 0.3) is 0 Å². The molecule has 1 N–H and O–H groups in total. The first-order chi connectivity index (χ1) is 9.16.